The summed E-state index contributed by atoms with van der Waals surface area (Å²) >= 11 is 0. The summed E-state index contributed by atoms with van der Waals surface area (Å²) in [4.78, 5) is 13.7. The minimum Gasteiger partial charge on any atom is -0.394 e. The van der Waals surface area contributed by atoms with Crippen molar-refractivity contribution in [2.75, 3.05) is 32.6 Å². The van der Waals surface area contributed by atoms with Crippen molar-refractivity contribution in [1.82, 2.24) is 20.0 Å². The Bertz CT molecular complexity index is 387. The second kappa shape index (κ2) is 7.75. The molecule has 3 N–H and O–H groups in total. The van der Waals surface area contributed by atoms with E-state index in [1.807, 2.05) is 27.2 Å². The van der Waals surface area contributed by atoms with Crippen LogP contribution in [0.15, 0.2) is 12.3 Å². The number of carbonyl (C=O) groups excluding carboxylic acids is 1. The molecule has 7 nitrogen and oxygen atoms in total. The van der Waals surface area contributed by atoms with E-state index < -0.39 is 0 Å². The zero-order valence-electron chi connectivity index (χ0n) is 11.8. The number of urea groups is 1. The third kappa shape index (κ3) is 5.71. The van der Waals surface area contributed by atoms with Crippen LogP contribution in [-0.2, 0) is 6.54 Å². The first kappa shape index (κ1) is 15.5. The van der Waals surface area contributed by atoms with E-state index >= 15 is 0 Å². The number of carbonyl (C=O) groups is 1. The molecule has 0 aromatic carbocycles. The molecule has 0 bridgehead atoms. The van der Waals surface area contributed by atoms with E-state index in [-0.39, 0.29) is 18.7 Å². The van der Waals surface area contributed by atoms with Crippen LogP contribution in [0.4, 0.5) is 10.6 Å². The summed E-state index contributed by atoms with van der Waals surface area (Å²) < 4.78 is 1.78. The van der Waals surface area contributed by atoms with Crippen molar-refractivity contribution < 1.29 is 9.90 Å². The molecule has 1 aromatic rings. The predicted octanol–water partition coefficient (Wildman–Crippen LogP) is 0.337. The molecular weight excluding hydrogens is 246 g/mol. The van der Waals surface area contributed by atoms with Crippen molar-refractivity contribution in [2.45, 2.75) is 25.9 Å². The summed E-state index contributed by atoms with van der Waals surface area (Å²) in [5.74, 6) is 0.504. The van der Waals surface area contributed by atoms with Gasteiger partial charge in [-0.1, -0.05) is 6.92 Å². The lowest BCUT2D eigenvalue weighted by atomic mass is 10.2. The van der Waals surface area contributed by atoms with Crippen LogP contribution in [-0.4, -0.2) is 59.1 Å². The van der Waals surface area contributed by atoms with Gasteiger partial charge in [0.2, 0.25) is 0 Å². The van der Waals surface area contributed by atoms with Crippen molar-refractivity contribution in [1.29, 1.82) is 0 Å². The van der Waals surface area contributed by atoms with Gasteiger partial charge in [0, 0.05) is 18.8 Å². The SMILES string of the molecule is CCC(CO)NC(=O)Nc1ccn(CCN(C)C)n1. The number of amides is 2. The normalized spacial score (nSPS) is 12.5. The molecule has 1 atom stereocenters. The molecule has 1 heterocycles. The third-order valence-corrected chi connectivity index (χ3v) is 2.71. The van der Waals surface area contributed by atoms with Gasteiger partial charge in [0.1, 0.15) is 0 Å². The maximum Gasteiger partial charge on any atom is 0.320 e. The number of rotatable bonds is 7. The Morgan fingerprint density at radius 1 is 1.58 bits per heavy atom. The molecule has 0 saturated heterocycles. The van der Waals surface area contributed by atoms with Crippen molar-refractivity contribution in [3.8, 4) is 0 Å². The highest BCUT2D eigenvalue weighted by molar-refractivity contribution is 5.88. The standard InChI is InChI=1S/C12H23N5O2/c1-4-10(9-18)13-12(19)14-11-5-6-17(15-11)8-7-16(2)3/h5-6,10,18H,4,7-9H2,1-3H3,(H2,13,14,15,19). The van der Waals surface area contributed by atoms with Crippen LogP contribution < -0.4 is 10.6 Å². The van der Waals surface area contributed by atoms with Gasteiger partial charge in [-0.2, -0.15) is 5.10 Å². The van der Waals surface area contributed by atoms with Gasteiger partial charge in [0.15, 0.2) is 5.82 Å². The van der Waals surface area contributed by atoms with Gasteiger partial charge in [-0.15, -0.1) is 0 Å². The highest BCUT2D eigenvalue weighted by Crippen LogP contribution is 2.02. The lowest BCUT2D eigenvalue weighted by Gasteiger charge is -2.13. The Hall–Kier alpha value is -1.60. The summed E-state index contributed by atoms with van der Waals surface area (Å²) in [5.41, 5.74) is 0. The van der Waals surface area contributed by atoms with Crippen LogP contribution in [0.25, 0.3) is 0 Å². The zero-order valence-corrected chi connectivity index (χ0v) is 11.8. The second-order valence-corrected chi connectivity index (χ2v) is 4.65. The van der Waals surface area contributed by atoms with E-state index in [0.29, 0.717) is 12.2 Å². The smallest absolute Gasteiger partial charge is 0.320 e. The molecule has 19 heavy (non-hydrogen) atoms. The molecule has 2 amide bonds. The Morgan fingerprint density at radius 3 is 2.89 bits per heavy atom. The lowest BCUT2D eigenvalue weighted by Crippen LogP contribution is -2.39. The van der Waals surface area contributed by atoms with Crippen molar-refractivity contribution in [3.05, 3.63) is 12.3 Å². The quantitative estimate of drug-likeness (QED) is 0.666. The fraction of sp³-hybridized carbons (Fsp3) is 0.667. The fourth-order valence-corrected chi connectivity index (χ4v) is 1.47. The molecule has 0 spiro atoms. The number of hydrogen-bond acceptors (Lipinski definition) is 4. The number of nitrogens with one attached hydrogen (secondary N) is 2. The molecule has 0 aliphatic carbocycles. The maximum absolute atomic E-state index is 11.6. The topological polar surface area (TPSA) is 82.4 Å². The van der Waals surface area contributed by atoms with Crippen LogP contribution in [0.1, 0.15) is 13.3 Å². The first-order valence-electron chi connectivity index (χ1n) is 6.41. The highest BCUT2D eigenvalue weighted by atomic mass is 16.3. The molecule has 7 heteroatoms. The molecule has 0 fully saturated rings. The van der Waals surface area contributed by atoms with Crippen LogP contribution in [0.2, 0.25) is 0 Å². The molecular formula is C12H23N5O2. The maximum atomic E-state index is 11.6. The Balaban J connectivity index is 2.42. The summed E-state index contributed by atoms with van der Waals surface area (Å²) in [5, 5.41) is 18.5. The number of aromatic nitrogens is 2. The van der Waals surface area contributed by atoms with Crippen molar-refractivity contribution in [3.63, 3.8) is 0 Å². The molecule has 0 aliphatic rings. The molecule has 0 saturated carbocycles. The van der Waals surface area contributed by atoms with Crippen LogP contribution >= 0.6 is 0 Å². The van der Waals surface area contributed by atoms with Gasteiger partial charge in [-0.25, -0.2) is 4.79 Å². The van der Waals surface area contributed by atoms with E-state index in [0.717, 1.165) is 13.1 Å². The van der Waals surface area contributed by atoms with E-state index in [4.69, 9.17) is 5.11 Å². The van der Waals surface area contributed by atoms with Crippen LogP contribution in [0.5, 0.6) is 0 Å². The number of anilines is 1. The largest absolute Gasteiger partial charge is 0.394 e. The molecule has 108 valence electrons. The number of aliphatic hydroxyl groups is 1. The number of likely N-dealkylation sites (N-methyl/N-ethyl adjacent to an activating group) is 1. The first-order valence-corrected chi connectivity index (χ1v) is 6.41. The van der Waals surface area contributed by atoms with E-state index in [1.165, 1.54) is 0 Å². The highest BCUT2D eigenvalue weighted by Gasteiger charge is 2.10. The van der Waals surface area contributed by atoms with E-state index in [1.54, 1.807) is 10.7 Å². The van der Waals surface area contributed by atoms with Crippen LogP contribution in [0.3, 0.4) is 0 Å². The average Bonchev–Trinajstić information content (AvgIpc) is 2.81. The lowest BCUT2D eigenvalue weighted by molar-refractivity contribution is 0.222. The Kier molecular flexibility index (Phi) is 6.31. The fourth-order valence-electron chi connectivity index (χ4n) is 1.47. The number of aliphatic hydroxyl groups excluding tert-OH is 1. The Morgan fingerprint density at radius 2 is 2.32 bits per heavy atom. The predicted molar refractivity (Wildman–Crippen MR) is 74.1 cm³/mol. The molecule has 1 rings (SSSR count). The van der Waals surface area contributed by atoms with Gasteiger partial charge in [0.05, 0.1) is 19.2 Å². The molecule has 1 aromatic heterocycles. The first-order chi connectivity index (χ1) is 9.05. The van der Waals surface area contributed by atoms with Gasteiger partial charge in [0.25, 0.3) is 0 Å². The Labute approximate surface area is 113 Å². The van der Waals surface area contributed by atoms with Gasteiger partial charge in [-0.05, 0) is 20.5 Å². The second-order valence-electron chi connectivity index (χ2n) is 4.65. The average molecular weight is 269 g/mol. The van der Waals surface area contributed by atoms with Gasteiger partial charge >= 0.3 is 6.03 Å². The monoisotopic (exact) mass is 269 g/mol. The summed E-state index contributed by atoms with van der Waals surface area (Å²) in [6, 6.07) is 1.17. The van der Waals surface area contributed by atoms with E-state index in [9.17, 15) is 4.79 Å². The van der Waals surface area contributed by atoms with Gasteiger partial charge < -0.3 is 15.3 Å². The van der Waals surface area contributed by atoms with Crippen LogP contribution in [0, 0.1) is 0 Å². The number of nitrogens with zero attached hydrogens (tertiary/aromatic N) is 3. The summed E-state index contributed by atoms with van der Waals surface area (Å²) in [7, 11) is 3.99. The molecule has 1 unspecified atom stereocenters. The molecule has 0 aliphatic heterocycles. The summed E-state index contributed by atoms with van der Waals surface area (Å²) in [6.45, 7) is 3.48. The van der Waals surface area contributed by atoms with Crippen molar-refractivity contribution >= 4 is 11.8 Å². The zero-order chi connectivity index (χ0) is 14.3. The molecule has 0 radical (unpaired) electrons. The number of hydrogen-bond donors (Lipinski definition) is 3. The minimum absolute atomic E-state index is 0.0683. The van der Waals surface area contributed by atoms with Crippen molar-refractivity contribution in [2.24, 2.45) is 0 Å². The summed E-state index contributed by atoms with van der Waals surface area (Å²) in [6.07, 6.45) is 2.50. The minimum atomic E-state index is -0.348. The van der Waals surface area contributed by atoms with Gasteiger partial charge in [-0.3, -0.25) is 10.00 Å². The van der Waals surface area contributed by atoms with E-state index in [2.05, 4.69) is 20.6 Å². The third-order valence-electron chi connectivity index (χ3n) is 2.71.